The van der Waals surface area contributed by atoms with E-state index in [1.807, 2.05) is 12.1 Å². The van der Waals surface area contributed by atoms with Crippen molar-refractivity contribution in [1.29, 1.82) is 0 Å². The fourth-order valence-electron chi connectivity index (χ4n) is 23.4. The predicted octanol–water partition coefficient (Wildman–Crippen LogP) is 21.5. The molecule has 0 aromatic heterocycles. The van der Waals surface area contributed by atoms with Gasteiger partial charge in [0.25, 0.3) is 0 Å². The Balaban J connectivity index is 0.599. The van der Waals surface area contributed by atoms with Crippen molar-refractivity contribution in [2.75, 3.05) is 4.90 Å². The molecule has 7 aromatic rings. The second-order valence-electron chi connectivity index (χ2n) is 31.3. The third-order valence-corrected chi connectivity index (χ3v) is 28.0. The number of anilines is 1. The summed E-state index contributed by atoms with van der Waals surface area (Å²) in [5, 5.41) is 0. The zero-order valence-corrected chi connectivity index (χ0v) is 55.2. The third-order valence-electron chi connectivity index (χ3n) is 27.2. The number of benzene rings is 7. The van der Waals surface area contributed by atoms with Gasteiger partial charge < -0.3 is 4.90 Å². The highest BCUT2D eigenvalue weighted by molar-refractivity contribution is 7.95. The van der Waals surface area contributed by atoms with E-state index >= 15 is 0 Å². The minimum absolute atomic E-state index is 0.340. The van der Waals surface area contributed by atoms with Crippen molar-refractivity contribution < 1.29 is 0 Å². The maximum absolute atomic E-state index is 4.10. The maximum Gasteiger partial charge on any atom is 0.0725 e. The number of hydrogen-bond acceptors (Lipinski definition) is 4. The molecule has 2 N–H and O–H groups in total. The van der Waals surface area contributed by atoms with Crippen molar-refractivity contribution in [2.24, 2.45) is 65.1 Å². The van der Waals surface area contributed by atoms with E-state index in [9.17, 15) is 0 Å². The molecule has 0 radical (unpaired) electrons. The molecule has 3 saturated carbocycles. The Morgan fingerprint density at radius 2 is 1.13 bits per heavy atom. The van der Waals surface area contributed by atoms with Crippen LogP contribution in [-0.2, 0) is 5.41 Å². The lowest BCUT2D eigenvalue weighted by Crippen LogP contribution is -2.61. The van der Waals surface area contributed by atoms with Crippen LogP contribution in [0.1, 0.15) is 172 Å². The molecule has 1 saturated heterocycles. The summed E-state index contributed by atoms with van der Waals surface area (Å²) in [5.74, 6) is 9.28. The molecule has 3 nitrogen and oxygen atoms in total. The average molecular weight is 1240 g/mol. The van der Waals surface area contributed by atoms with Crippen LogP contribution < -0.4 is 14.3 Å². The van der Waals surface area contributed by atoms with Gasteiger partial charge >= 0.3 is 0 Å². The smallest absolute Gasteiger partial charge is 0.0725 e. The quantitative estimate of drug-likeness (QED) is 0.105. The molecule has 4 heteroatoms. The lowest BCUT2D eigenvalue weighted by Gasteiger charge is -2.51. The molecule has 18 unspecified atom stereocenters. The fourth-order valence-corrected chi connectivity index (χ4v) is 24.3. The lowest BCUT2D eigenvalue weighted by molar-refractivity contribution is 0.118. The summed E-state index contributed by atoms with van der Waals surface area (Å²) in [5.41, 5.74) is 21.7. The molecule has 0 amide bonds. The number of nitrogens with one attached hydrogen (secondary N) is 2. The lowest BCUT2D eigenvalue weighted by atomic mass is 9.57. The van der Waals surface area contributed by atoms with Gasteiger partial charge in [-0.3, -0.25) is 0 Å². The van der Waals surface area contributed by atoms with Crippen molar-refractivity contribution in [3.8, 4) is 33.4 Å². The average Bonchev–Trinajstić information content (AvgIpc) is 1.52. The predicted molar refractivity (Wildman–Crippen MR) is 387 cm³/mol. The molecule has 19 rings (SSSR count). The van der Waals surface area contributed by atoms with Crippen molar-refractivity contribution in [3.05, 3.63) is 269 Å². The third kappa shape index (κ3) is 9.53. The highest BCUT2D eigenvalue weighted by Crippen LogP contribution is 2.66. The zero-order valence-electron chi connectivity index (χ0n) is 54.3. The van der Waals surface area contributed by atoms with Gasteiger partial charge in [0.05, 0.1) is 11.5 Å². The van der Waals surface area contributed by atoms with Crippen LogP contribution in [0.25, 0.3) is 33.4 Å². The first-order valence-electron chi connectivity index (χ1n) is 37.2. The first kappa shape index (κ1) is 57.7. The topological polar surface area (TPSA) is 27.3 Å². The summed E-state index contributed by atoms with van der Waals surface area (Å²) in [4.78, 5) is 3.00. The Labute approximate surface area is 559 Å². The van der Waals surface area contributed by atoms with Gasteiger partial charge in [-0.15, -0.1) is 0 Å². The normalized spacial score (nSPS) is 34.0. The number of nitrogens with zero attached hydrogens (tertiary/aromatic N) is 1. The van der Waals surface area contributed by atoms with Crippen LogP contribution in [0.5, 0.6) is 0 Å². The monoisotopic (exact) mass is 1240 g/mol. The first-order valence-corrected chi connectivity index (χ1v) is 38.0. The van der Waals surface area contributed by atoms with Gasteiger partial charge in [-0.1, -0.05) is 213 Å². The molecule has 470 valence electrons. The number of fused-ring (bicyclic) bond motifs is 17. The van der Waals surface area contributed by atoms with Crippen LogP contribution in [0.3, 0.4) is 0 Å². The van der Waals surface area contributed by atoms with Gasteiger partial charge in [0.15, 0.2) is 0 Å². The van der Waals surface area contributed by atoms with E-state index in [4.69, 9.17) is 0 Å². The largest absolute Gasteiger partial charge is 0.364 e. The van der Waals surface area contributed by atoms with E-state index in [2.05, 4.69) is 239 Å². The van der Waals surface area contributed by atoms with Gasteiger partial charge in [0, 0.05) is 35.9 Å². The molecule has 18 atom stereocenters. The van der Waals surface area contributed by atoms with Gasteiger partial charge in [-0.05, 0) is 288 Å². The van der Waals surface area contributed by atoms with Gasteiger partial charge in [-0.25, -0.2) is 9.44 Å². The van der Waals surface area contributed by atoms with E-state index in [1.54, 1.807) is 22.3 Å². The maximum atomic E-state index is 4.10. The van der Waals surface area contributed by atoms with Crippen molar-refractivity contribution in [2.45, 2.75) is 163 Å². The number of hydrogen-bond donors (Lipinski definition) is 2. The SMILES string of the molecule is C1=CC2=CC3CCC4C(C5C=CC(C6CCC(N(c7ccccc7)C7CCCC(C8C=CC(C(c9ccccc9)C9CC=CCC9)CC8)C7)C7NSNC67)CC5)c5ccc(-c6ccc7c(c6)C6(c8ccccc8-c8ccccc86)c6ccccc6-7)cc5C4C3CC2CC1. The van der Waals surface area contributed by atoms with Gasteiger partial charge in [0.2, 0.25) is 0 Å². The van der Waals surface area contributed by atoms with Crippen LogP contribution in [0.4, 0.5) is 5.69 Å². The molecule has 1 aliphatic heterocycles. The molecule has 12 aliphatic rings. The summed E-state index contributed by atoms with van der Waals surface area (Å²) in [6, 6.07) is 68.7. The van der Waals surface area contributed by atoms with Gasteiger partial charge in [0.1, 0.15) is 0 Å². The Kier molecular flexibility index (Phi) is 14.8. The second-order valence-corrected chi connectivity index (χ2v) is 31.9. The fraction of sp³-hybridized carbons (Fsp3) is 0.416. The minimum atomic E-state index is -0.340. The Morgan fingerprint density at radius 1 is 0.462 bits per heavy atom. The Hall–Kier alpha value is -6.69. The molecule has 93 heavy (non-hydrogen) atoms. The van der Waals surface area contributed by atoms with Crippen LogP contribution in [0, 0.1) is 65.1 Å². The first-order chi connectivity index (χ1) is 46.1. The standard InChI is InChI=1S/C89H93N3S/c1-4-19-58(20-5-1)84(59-21-6-2-7-22-59)60-39-35-56(36-40-60)63-25-18-28-69(52-63)92(68-26-8-3-9-27-68)83-50-49-70(87-88(83)91-93-90-87)57-37-41-61(42-38-57)85-75-47-44-65(54-78(75)86-76(85)48-45-67-51-62-23-10-11-24-64(62)53-77(67)86)66-43-46-74-73-31-14-17-34-81(73)89(82(74)55-66)79-32-15-12-29-71(79)72-30-13-16-33-80(72)89/h1-6,8-10,12-17,19-20,23,26-27,29-35,37,39,41,43-44,46-47,51,54-57,59-61,63-64,67,69-70,76-77,83-88,90-91H,7,11,18,21-22,24-25,28,36,38,40,42,45,48-50,52-53H2. The molecule has 0 bridgehead atoms. The molecule has 7 aromatic carbocycles. The van der Waals surface area contributed by atoms with Crippen LogP contribution >= 0.6 is 12.1 Å². The van der Waals surface area contributed by atoms with E-state index < -0.39 is 0 Å². The molecule has 4 fully saturated rings. The van der Waals surface area contributed by atoms with E-state index in [0.29, 0.717) is 95.2 Å². The van der Waals surface area contributed by atoms with Gasteiger partial charge in [-0.2, -0.15) is 0 Å². The summed E-state index contributed by atoms with van der Waals surface area (Å²) in [6.45, 7) is 0. The molecule has 1 spiro atoms. The summed E-state index contributed by atoms with van der Waals surface area (Å²) in [7, 11) is 0. The number of para-hydroxylation sites is 1. The van der Waals surface area contributed by atoms with E-state index in [1.165, 1.54) is 177 Å². The zero-order chi connectivity index (χ0) is 61.1. The van der Waals surface area contributed by atoms with Crippen LogP contribution in [-0.4, -0.2) is 24.2 Å². The number of allylic oxidation sites excluding steroid dienone is 10. The summed E-state index contributed by atoms with van der Waals surface area (Å²) >= 11 is 1.82. The van der Waals surface area contributed by atoms with Crippen LogP contribution in [0.15, 0.2) is 230 Å². The molecule has 11 aliphatic carbocycles. The Bertz CT molecular complexity index is 4050. The van der Waals surface area contributed by atoms with Crippen molar-refractivity contribution in [3.63, 3.8) is 0 Å². The highest BCUT2D eigenvalue weighted by Gasteiger charge is 2.55. The van der Waals surface area contributed by atoms with Crippen LogP contribution in [0.2, 0.25) is 0 Å². The Morgan fingerprint density at radius 3 is 1.88 bits per heavy atom. The highest BCUT2D eigenvalue weighted by atomic mass is 32.2. The minimum Gasteiger partial charge on any atom is -0.364 e. The summed E-state index contributed by atoms with van der Waals surface area (Å²) in [6.07, 6.45) is 47.3. The van der Waals surface area contributed by atoms with Crippen molar-refractivity contribution >= 4 is 17.8 Å². The molecule has 1 heterocycles. The van der Waals surface area contributed by atoms with E-state index in [0.717, 1.165) is 11.8 Å². The molecular formula is C89H93N3S. The van der Waals surface area contributed by atoms with Crippen molar-refractivity contribution in [1.82, 2.24) is 9.44 Å². The second kappa shape index (κ2) is 23.9. The number of rotatable bonds is 10. The molecular weight excluding hydrogens is 1140 g/mol. The van der Waals surface area contributed by atoms with E-state index in [-0.39, 0.29) is 5.41 Å². The summed E-state index contributed by atoms with van der Waals surface area (Å²) < 4.78 is 8.20.